The van der Waals surface area contributed by atoms with E-state index >= 15 is 0 Å². The first kappa shape index (κ1) is 17.5. The zero-order valence-electron chi connectivity index (χ0n) is 15.3. The highest BCUT2D eigenvalue weighted by Gasteiger charge is 2.26. The van der Waals surface area contributed by atoms with Gasteiger partial charge in [-0.2, -0.15) is 5.10 Å². The lowest BCUT2D eigenvalue weighted by Crippen LogP contribution is -2.49. The molecule has 0 radical (unpaired) electrons. The molecule has 0 N–H and O–H groups in total. The van der Waals surface area contributed by atoms with Gasteiger partial charge in [-0.05, 0) is 38.1 Å². The summed E-state index contributed by atoms with van der Waals surface area (Å²) in [5.41, 5.74) is 1.06. The average Bonchev–Trinajstić information content (AvgIpc) is 3.10. The van der Waals surface area contributed by atoms with Crippen LogP contribution in [0.15, 0.2) is 35.1 Å². The Morgan fingerprint density at radius 2 is 1.85 bits per heavy atom. The number of benzene rings is 1. The topological polar surface area (TPSA) is 82.9 Å². The summed E-state index contributed by atoms with van der Waals surface area (Å²) in [5.74, 6) is 1.17. The minimum Gasteiger partial charge on any atom is -0.454 e. The number of carbonyl (C=O) groups is 1. The lowest BCUT2D eigenvalue weighted by molar-refractivity contribution is -0.144. The average molecular weight is 371 g/mol. The second-order valence-corrected chi connectivity index (χ2v) is 6.84. The summed E-state index contributed by atoms with van der Waals surface area (Å²) >= 11 is 0. The molecule has 8 heteroatoms. The molecule has 8 nitrogen and oxygen atoms in total. The van der Waals surface area contributed by atoms with Crippen LogP contribution in [0.25, 0.3) is 11.3 Å². The van der Waals surface area contributed by atoms with Gasteiger partial charge in [-0.15, -0.1) is 0 Å². The predicted molar refractivity (Wildman–Crippen MR) is 96.6 cm³/mol. The molecule has 142 valence electrons. The van der Waals surface area contributed by atoms with Gasteiger partial charge in [0.1, 0.15) is 6.54 Å². The van der Waals surface area contributed by atoms with Crippen molar-refractivity contribution >= 4 is 5.91 Å². The van der Waals surface area contributed by atoms with Crippen molar-refractivity contribution in [3.63, 3.8) is 0 Å². The minimum absolute atomic E-state index is 0.0256. The van der Waals surface area contributed by atoms with Crippen molar-refractivity contribution in [1.29, 1.82) is 0 Å². The number of hydrogen-bond donors (Lipinski definition) is 0. The molecule has 0 aliphatic carbocycles. The molecule has 2 unspecified atom stereocenters. The molecule has 3 heterocycles. The first-order chi connectivity index (χ1) is 13.0. The van der Waals surface area contributed by atoms with Gasteiger partial charge in [-0.3, -0.25) is 9.59 Å². The first-order valence-corrected chi connectivity index (χ1v) is 8.91. The number of amides is 1. The molecule has 1 fully saturated rings. The molecule has 0 bridgehead atoms. The van der Waals surface area contributed by atoms with Gasteiger partial charge in [0.15, 0.2) is 11.5 Å². The fourth-order valence-electron chi connectivity index (χ4n) is 3.38. The van der Waals surface area contributed by atoms with Crippen LogP contribution in [0.2, 0.25) is 0 Å². The zero-order valence-corrected chi connectivity index (χ0v) is 15.3. The van der Waals surface area contributed by atoms with Crippen LogP contribution in [-0.4, -0.2) is 52.7 Å². The summed E-state index contributed by atoms with van der Waals surface area (Å²) in [6, 6.07) is 8.52. The third-order valence-corrected chi connectivity index (χ3v) is 4.59. The minimum atomic E-state index is -0.317. The van der Waals surface area contributed by atoms with E-state index < -0.39 is 0 Å². The van der Waals surface area contributed by atoms with Crippen molar-refractivity contribution in [2.75, 3.05) is 19.9 Å². The number of ether oxygens (including phenoxy) is 3. The molecule has 2 aromatic rings. The summed E-state index contributed by atoms with van der Waals surface area (Å²) in [7, 11) is 0. The molecule has 2 atom stereocenters. The van der Waals surface area contributed by atoms with Crippen LogP contribution in [0, 0.1) is 0 Å². The van der Waals surface area contributed by atoms with Gasteiger partial charge in [0.25, 0.3) is 5.56 Å². The molecule has 4 rings (SSSR count). The van der Waals surface area contributed by atoms with E-state index in [2.05, 4.69) is 5.10 Å². The maximum absolute atomic E-state index is 12.6. The number of fused-ring (bicyclic) bond motifs is 1. The Labute approximate surface area is 156 Å². The third kappa shape index (κ3) is 3.66. The van der Waals surface area contributed by atoms with Crippen molar-refractivity contribution in [1.82, 2.24) is 14.7 Å². The largest absolute Gasteiger partial charge is 0.454 e. The normalized spacial score (nSPS) is 21.3. The molecule has 1 saturated heterocycles. The van der Waals surface area contributed by atoms with E-state index in [1.54, 1.807) is 17.0 Å². The first-order valence-electron chi connectivity index (χ1n) is 8.91. The summed E-state index contributed by atoms with van der Waals surface area (Å²) in [6.07, 6.45) is -0.0512. The predicted octanol–water partition coefficient (Wildman–Crippen LogP) is 1.27. The second kappa shape index (κ2) is 7.03. The van der Waals surface area contributed by atoms with E-state index in [1.165, 1.54) is 10.7 Å². The maximum atomic E-state index is 12.6. The Morgan fingerprint density at radius 3 is 2.63 bits per heavy atom. The molecule has 0 saturated carbocycles. The van der Waals surface area contributed by atoms with E-state index in [1.807, 2.05) is 26.0 Å². The van der Waals surface area contributed by atoms with E-state index in [9.17, 15) is 9.59 Å². The van der Waals surface area contributed by atoms with Gasteiger partial charge in [0.2, 0.25) is 12.7 Å². The van der Waals surface area contributed by atoms with Crippen LogP contribution in [0.5, 0.6) is 11.5 Å². The Bertz CT molecular complexity index is 916. The van der Waals surface area contributed by atoms with E-state index in [0.29, 0.717) is 30.3 Å². The highest BCUT2D eigenvalue weighted by molar-refractivity contribution is 5.76. The molecule has 1 aromatic heterocycles. The van der Waals surface area contributed by atoms with Gasteiger partial charge < -0.3 is 19.1 Å². The number of nitrogens with zero attached hydrogens (tertiary/aromatic N) is 3. The Kier molecular flexibility index (Phi) is 4.57. The van der Waals surface area contributed by atoms with Crippen LogP contribution in [0.1, 0.15) is 13.8 Å². The Balaban J connectivity index is 1.56. The SMILES string of the molecule is CC1CN(C(=O)Cn2nc(-c3ccc4c(c3)OCO4)ccc2=O)CC(C)O1. The fraction of sp³-hybridized carbons (Fsp3) is 0.421. The molecule has 1 aromatic carbocycles. The lowest BCUT2D eigenvalue weighted by atomic mass is 10.1. The van der Waals surface area contributed by atoms with Gasteiger partial charge in [-0.25, -0.2) is 4.68 Å². The van der Waals surface area contributed by atoms with E-state index in [-0.39, 0.29) is 37.0 Å². The summed E-state index contributed by atoms with van der Waals surface area (Å²) in [4.78, 5) is 26.6. The van der Waals surface area contributed by atoms with Crippen molar-refractivity contribution in [2.24, 2.45) is 0 Å². The molecule has 2 aliphatic rings. The molecule has 1 amide bonds. The van der Waals surface area contributed by atoms with Crippen LogP contribution >= 0.6 is 0 Å². The number of aromatic nitrogens is 2. The lowest BCUT2D eigenvalue weighted by Gasteiger charge is -2.35. The highest BCUT2D eigenvalue weighted by Crippen LogP contribution is 2.35. The number of rotatable bonds is 3. The van der Waals surface area contributed by atoms with Crippen LogP contribution < -0.4 is 15.0 Å². The summed E-state index contributed by atoms with van der Waals surface area (Å²) in [6.45, 7) is 4.98. The van der Waals surface area contributed by atoms with Crippen LogP contribution in [0.3, 0.4) is 0 Å². The Morgan fingerprint density at radius 1 is 1.11 bits per heavy atom. The van der Waals surface area contributed by atoms with Crippen molar-refractivity contribution in [3.05, 3.63) is 40.7 Å². The van der Waals surface area contributed by atoms with Crippen molar-refractivity contribution < 1.29 is 19.0 Å². The van der Waals surface area contributed by atoms with Crippen molar-refractivity contribution in [3.8, 4) is 22.8 Å². The van der Waals surface area contributed by atoms with Gasteiger partial charge >= 0.3 is 0 Å². The second-order valence-electron chi connectivity index (χ2n) is 6.84. The quantitative estimate of drug-likeness (QED) is 0.808. The van der Waals surface area contributed by atoms with Crippen LogP contribution in [-0.2, 0) is 16.1 Å². The molecule has 27 heavy (non-hydrogen) atoms. The van der Waals surface area contributed by atoms with Gasteiger partial charge in [-0.1, -0.05) is 0 Å². The monoisotopic (exact) mass is 371 g/mol. The maximum Gasteiger partial charge on any atom is 0.267 e. The molecule has 0 spiro atoms. The number of morpholine rings is 1. The van der Waals surface area contributed by atoms with Gasteiger partial charge in [0, 0.05) is 24.7 Å². The van der Waals surface area contributed by atoms with E-state index in [0.717, 1.165) is 5.56 Å². The van der Waals surface area contributed by atoms with Gasteiger partial charge in [0.05, 0.1) is 17.9 Å². The molecule has 2 aliphatic heterocycles. The zero-order chi connectivity index (χ0) is 19.0. The highest BCUT2D eigenvalue weighted by atomic mass is 16.7. The fourth-order valence-corrected chi connectivity index (χ4v) is 3.38. The third-order valence-electron chi connectivity index (χ3n) is 4.59. The number of hydrogen-bond acceptors (Lipinski definition) is 6. The molecular weight excluding hydrogens is 350 g/mol. The summed E-state index contributed by atoms with van der Waals surface area (Å²) < 4.78 is 17.6. The van der Waals surface area contributed by atoms with Crippen molar-refractivity contribution in [2.45, 2.75) is 32.6 Å². The molecular formula is C19H21N3O5. The Hall–Kier alpha value is -2.87. The standard InChI is InChI=1S/C19H21N3O5/c1-12-8-21(9-13(2)27-12)19(24)10-22-18(23)6-4-15(20-22)14-3-5-16-17(7-14)26-11-25-16/h3-7,12-13H,8-11H2,1-2H3. The number of carbonyl (C=O) groups excluding carboxylic acids is 1. The smallest absolute Gasteiger partial charge is 0.267 e. The van der Waals surface area contributed by atoms with Crippen LogP contribution in [0.4, 0.5) is 0 Å². The summed E-state index contributed by atoms with van der Waals surface area (Å²) in [5, 5.41) is 4.37. The van der Waals surface area contributed by atoms with E-state index in [4.69, 9.17) is 14.2 Å².